The van der Waals surface area contributed by atoms with Crippen LogP contribution in [0.5, 0.6) is 0 Å². The van der Waals surface area contributed by atoms with Crippen LogP contribution in [0.15, 0.2) is 34.7 Å². The molecule has 0 radical (unpaired) electrons. The molecule has 0 aliphatic heterocycles. The SMILES string of the molecule is CC(=O)NNC(=O)Cn1cnc2scc(-c3ccc4c(c3)CCCC4)c2c1=O. The van der Waals surface area contributed by atoms with Crippen LogP contribution in [0.3, 0.4) is 0 Å². The third-order valence-electron chi connectivity index (χ3n) is 4.91. The highest BCUT2D eigenvalue weighted by molar-refractivity contribution is 7.17. The van der Waals surface area contributed by atoms with Gasteiger partial charge in [-0.05, 0) is 42.4 Å². The average molecular weight is 396 g/mol. The number of benzene rings is 1. The molecule has 0 unspecified atom stereocenters. The van der Waals surface area contributed by atoms with E-state index in [9.17, 15) is 14.4 Å². The summed E-state index contributed by atoms with van der Waals surface area (Å²) in [5.41, 5.74) is 8.79. The molecule has 0 spiro atoms. The van der Waals surface area contributed by atoms with E-state index in [1.165, 1.54) is 53.1 Å². The number of carbonyl (C=O) groups is 2. The van der Waals surface area contributed by atoms with Gasteiger partial charge in [-0.15, -0.1) is 11.3 Å². The highest BCUT2D eigenvalue weighted by Gasteiger charge is 2.17. The minimum absolute atomic E-state index is 0.221. The summed E-state index contributed by atoms with van der Waals surface area (Å²) in [7, 11) is 0. The Kier molecular flexibility index (Phi) is 4.95. The molecule has 2 amide bonds. The molecule has 2 heterocycles. The van der Waals surface area contributed by atoms with Gasteiger partial charge in [0.25, 0.3) is 11.5 Å². The molecular formula is C20H20N4O3S. The number of nitrogens with one attached hydrogen (secondary N) is 2. The van der Waals surface area contributed by atoms with Crippen molar-refractivity contribution < 1.29 is 9.59 Å². The van der Waals surface area contributed by atoms with Crippen molar-refractivity contribution >= 4 is 33.4 Å². The third-order valence-corrected chi connectivity index (χ3v) is 5.80. The highest BCUT2D eigenvalue weighted by Crippen LogP contribution is 2.33. The lowest BCUT2D eigenvalue weighted by atomic mass is 9.89. The van der Waals surface area contributed by atoms with Gasteiger partial charge in [0.2, 0.25) is 5.91 Å². The van der Waals surface area contributed by atoms with E-state index < -0.39 is 5.91 Å². The molecule has 2 aromatic heterocycles. The van der Waals surface area contributed by atoms with Gasteiger partial charge in [-0.1, -0.05) is 18.2 Å². The Hall–Kier alpha value is -3.00. The van der Waals surface area contributed by atoms with Crippen LogP contribution in [-0.4, -0.2) is 21.4 Å². The number of aryl methyl sites for hydroxylation is 2. The summed E-state index contributed by atoms with van der Waals surface area (Å²) < 4.78 is 1.26. The van der Waals surface area contributed by atoms with Gasteiger partial charge in [0.1, 0.15) is 11.4 Å². The Bertz CT molecular complexity index is 1130. The molecule has 0 saturated heterocycles. The van der Waals surface area contributed by atoms with E-state index in [4.69, 9.17) is 0 Å². The van der Waals surface area contributed by atoms with Gasteiger partial charge in [0.05, 0.1) is 11.7 Å². The van der Waals surface area contributed by atoms with Crippen LogP contribution in [-0.2, 0) is 29.0 Å². The zero-order valence-electron chi connectivity index (χ0n) is 15.4. The fourth-order valence-electron chi connectivity index (χ4n) is 3.55. The fourth-order valence-corrected chi connectivity index (χ4v) is 4.45. The Labute approximate surface area is 165 Å². The summed E-state index contributed by atoms with van der Waals surface area (Å²) in [4.78, 5) is 40.8. The second kappa shape index (κ2) is 7.55. The molecule has 7 nitrogen and oxygen atoms in total. The zero-order chi connectivity index (χ0) is 19.7. The van der Waals surface area contributed by atoms with Crippen molar-refractivity contribution in [3.8, 4) is 11.1 Å². The molecule has 4 rings (SSSR count). The van der Waals surface area contributed by atoms with E-state index in [-0.39, 0.29) is 18.0 Å². The predicted octanol–water partition coefficient (Wildman–Crippen LogP) is 2.17. The van der Waals surface area contributed by atoms with Crippen molar-refractivity contribution in [3.05, 3.63) is 51.4 Å². The van der Waals surface area contributed by atoms with Crippen molar-refractivity contribution in [1.82, 2.24) is 20.4 Å². The minimum atomic E-state index is -0.496. The van der Waals surface area contributed by atoms with Gasteiger partial charge >= 0.3 is 0 Å². The fraction of sp³-hybridized carbons (Fsp3) is 0.300. The minimum Gasteiger partial charge on any atom is -0.289 e. The van der Waals surface area contributed by atoms with Crippen molar-refractivity contribution in [2.24, 2.45) is 0 Å². The topological polar surface area (TPSA) is 93.1 Å². The van der Waals surface area contributed by atoms with Gasteiger partial charge in [-0.3, -0.25) is 29.8 Å². The van der Waals surface area contributed by atoms with E-state index in [2.05, 4.69) is 34.0 Å². The smallest absolute Gasteiger partial charge is 0.263 e. The number of nitrogens with zero attached hydrogens (tertiary/aromatic N) is 2. The number of amides is 2. The number of carbonyl (C=O) groups excluding carboxylic acids is 2. The van der Waals surface area contributed by atoms with E-state index in [0.717, 1.165) is 24.0 Å². The van der Waals surface area contributed by atoms with Crippen molar-refractivity contribution in [1.29, 1.82) is 0 Å². The summed E-state index contributed by atoms with van der Waals surface area (Å²) >= 11 is 1.42. The van der Waals surface area contributed by atoms with Crippen LogP contribution in [0.1, 0.15) is 30.9 Å². The standard InChI is InChI=1S/C20H20N4O3S/c1-12(25)22-23-17(26)9-24-11-21-19-18(20(24)27)16(10-28-19)15-7-6-13-4-2-3-5-14(13)8-15/h6-8,10-11H,2-5,9H2,1H3,(H,22,25)(H,23,26). The second-order valence-electron chi connectivity index (χ2n) is 6.93. The van der Waals surface area contributed by atoms with Crippen LogP contribution >= 0.6 is 11.3 Å². The largest absolute Gasteiger partial charge is 0.289 e. The molecule has 28 heavy (non-hydrogen) atoms. The lowest BCUT2D eigenvalue weighted by Gasteiger charge is -2.16. The molecule has 144 valence electrons. The monoisotopic (exact) mass is 396 g/mol. The van der Waals surface area contributed by atoms with Crippen molar-refractivity contribution in [3.63, 3.8) is 0 Å². The van der Waals surface area contributed by atoms with Gasteiger partial charge in [-0.2, -0.15) is 0 Å². The molecule has 0 atom stereocenters. The molecule has 1 aliphatic rings. The molecular weight excluding hydrogens is 376 g/mol. The summed E-state index contributed by atoms with van der Waals surface area (Å²) in [6.45, 7) is 1.07. The Morgan fingerprint density at radius 1 is 1.18 bits per heavy atom. The quantitative estimate of drug-likeness (QED) is 0.664. The second-order valence-corrected chi connectivity index (χ2v) is 7.79. The van der Waals surface area contributed by atoms with E-state index in [0.29, 0.717) is 10.2 Å². The molecule has 8 heteroatoms. The van der Waals surface area contributed by atoms with E-state index >= 15 is 0 Å². The van der Waals surface area contributed by atoms with Gasteiger partial charge in [-0.25, -0.2) is 4.98 Å². The van der Waals surface area contributed by atoms with Crippen LogP contribution in [0.25, 0.3) is 21.3 Å². The normalized spacial score (nSPS) is 13.2. The number of hydrogen-bond donors (Lipinski definition) is 2. The maximum absolute atomic E-state index is 13.0. The maximum atomic E-state index is 13.0. The first-order valence-electron chi connectivity index (χ1n) is 9.17. The number of rotatable bonds is 3. The highest BCUT2D eigenvalue weighted by atomic mass is 32.1. The Morgan fingerprint density at radius 2 is 1.96 bits per heavy atom. The molecule has 1 aromatic carbocycles. The lowest BCUT2D eigenvalue weighted by Crippen LogP contribution is -2.43. The molecule has 3 aromatic rings. The van der Waals surface area contributed by atoms with Crippen LogP contribution in [0, 0.1) is 0 Å². The average Bonchev–Trinajstić information content (AvgIpc) is 3.13. The number of fused-ring (bicyclic) bond motifs is 2. The summed E-state index contributed by atoms with van der Waals surface area (Å²) in [5, 5.41) is 2.47. The van der Waals surface area contributed by atoms with Crippen molar-refractivity contribution in [2.45, 2.75) is 39.2 Å². The summed E-state index contributed by atoms with van der Waals surface area (Å²) in [6.07, 6.45) is 5.96. The molecule has 1 aliphatic carbocycles. The lowest BCUT2D eigenvalue weighted by molar-refractivity contribution is -0.128. The van der Waals surface area contributed by atoms with Gasteiger partial charge in [0, 0.05) is 17.9 Å². The van der Waals surface area contributed by atoms with Crippen LogP contribution in [0.2, 0.25) is 0 Å². The van der Waals surface area contributed by atoms with Gasteiger partial charge < -0.3 is 0 Å². The number of aromatic nitrogens is 2. The van der Waals surface area contributed by atoms with Crippen LogP contribution < -0.4 is 16.4 Å². The Morgan fingerprint density at radius 3 is 2.75 bits per heavy atom. The number of hydrazine groups is 1. The molecule has 0 saturated carbocycles. The third kappa shape index (κ3) is 3.55. The van der Waals surface area contributed by atoms with Crippen LogP contribution in [0.4, 0.5) is 0 Å². The maximum Gasteiger partial charge on any atom is 0.263 e. The molecule has 0 bridgehead atoms. The molecule has 0 fully saturated rings. The van der Waals surface area contributed by atoms with Gasteiger partial charge in [0.15, 0.2) is 0 Å². The first-order chi connectivity index (χ1) is 13.5. The summed E-state index contributed by atoms with van der Waals surface area (Å²) in [6, 6.07) is 6.39. The summed E-state index contributed by atoms with van der Waals surface area (Å²) in [5.74, 6) is -0.884. The van der Waals surface area contributed by atoms with E-state index in [1.807, 2.05) is 5.38 Å². The van der Waals surface area contributed by atoms with Crippen molar-refractivity contribution in [2.75, 3.05) is 0 Å². The number of hydrogen-bond acceptors (Lipinski definition) is 5. The first-order valence-corrected chi connectivity index (χ1v) is 10.0. The Balaban J connectivity index is 1.70. The number of thiophene rings is 1. The zero-order valence-corrected chi connectivity index (χ0v) is 16.3. The first kappa shape index (κ1) is 18.4. The van der Waals surface area contributed by atoms with E-state index in [1.54, 1.807) is 0 Å². The molecule has 2 N–H and O–H groups in total. The predicted molar refractivity (Wildman–Crippen MR) is 108 cm³/mol.